The lowest BCUT2D eigenvalue weighted by Gasteiger charge is -2.13. The maximum absolute atomic E-state index is 10.5. The molecule has 0 spiro atoms. The number of hydrogen-bond donors (Lipinski definition) is 0. The number of rotatable bonds is 2. The fourth-order valence-electron chi connectivity index (χ4n) is 1.05. The van der Waals surface area contributed by atoms with Gasteiger partial charge in [0.25, 0.3) is 0 Å². The van der Waals surface area contributed by atoms with Gasteiger partial charge < -0.3 is 9.47 Å². The number of fused-ring (bicyclic) bond motifs is 2. The molecule has 1 atom stereocenters. The Balaban J connectivity index is 0.000000150. The van der Waals surface area contributed by atoms with Crippen LogP contribution in [0.1, 0.15) is 20.3 Å². The van der Waals surface area contributed by atoms with E-state index in [2.05, 4.69) is 4.74 Å². The second kappa shape index (κ2) is 5.39. The number of esters is 1. The molecular weight excluding hydrogens is 192 g/mol. The standard InChI is InChI=1S/C6H12O2.C6H4O/c1-4-5(2)6(7)8-3;1-2-5-4-6(3-1)7-5/h5H,4H2,1-3H3;1-4H. The van der Waals surface area contributed by atoms with Crippen molar-refractivity contribution < 1.29 is 14.3 Å². The van der Waals surface area contributed by atoms with Crippen molar-refractivity contribution in [2.45, 2.75) is 20.3 Å². The molecule has 3 nitrogen and oxygen atoms in total. The van der Waals surface area contributed by atoms with Crippen LogP contribution in [0, 0.1) is 5.92 Å². The van der Waals surface area contributed by atoms with Crippen molar-refractivity contribution in [3.63, 3.8) is 0 Å². The third-order valence-corrected chi connectivity index (χ3v) is 2.26. The molecule has 1 aromatic carbocycles. The average Bonchev–Trinajstić information content (AvgIpc) is 2.28. The molecule has 15 heavy (non-hydrogen) atoms. The van der Waals surface area contributed by atoms with Crippen molar-refractivity contribution in [2.75, 3.05) is 7.11 Å². The van der Waals surface area contributed by atoms with Crippen LogP contribution in [0.5, 0.6) is 11.5 Å². The quantitative estimate of drug-likeness (QED) is 0.712. The van der Waals surface area contributed by atoms with Crippen LogP contribution in [0.15, 0.2) is 24.3 Å². The predicted molar refractivity (Wildman–Crippen MR) is 58.0 cm³/mol. The Labute approximate surface area is 90.0 Å². The highest BCUT2D eigenvalue weighted by atomic mass is 16.5. The van der Waals surface area contributed by atoms with Gasteiger partial charge in [0.2, 0.25) is 0 Å². The molecule has 1 unspecified atom stereocenters. The third kappa shape index (κ3) is 3.27. The molecule has 2 bridgehead atoms. The summed E-state index contributed by atoms with van der Waals surface area (Å²) in [5, 5.41) is 0. The van der Waals surface area contributed by atoms with Crippen molar-refractivity contribution in [1.29, 1.82) is 0 Å². The van der Waals surface area contributed by atoms with Crippen molar-refractivity contribution >= 4 is 5.97 Å². The number of carbonyl (C=O) groups is 1. The minimum atomic E-state index is -0.118. The van der Waals surface area contributed by atoms with Gasteiger partial charge in [-0.05, 0) is 18.6 Å². The Morgan fingerprint density at radius 1 is 1.47 bits per heavy atom. The highest BCUT2D eigenvalue weighted by Gasteiger charge is 2.08. The van der Waals surface area contributed by atoms with E-state index < -0.39 is 0 Å². The Kier molecular flexibility index (Phi) is 4.16. The molecule has 2 aliphatic heterocycles. The van der Waals surface area contributed by atoms with Crippen LogP contribution in [0.4, 0.5) is 0 Å². The summed E-state index contributed by atoms with van der Waals surface area (Å²) in [4.78, 5) is 10.5. The molecule has 0 fully saturated rings. The first-order valence-electron chi connectivity index (χ1n) is 5.03. The molecule has 0 saturated carbocycles. The van der Waals surface area contributed by atoms with E-state index in [1.807, 2.05) is 38.1 Å². The van der Waals surface area contributed by atoms with E-state index in [1.165, 1.54) is 7.11 Å². The maximum Gasteiger partial charge on any atom is 0.308 e. The lowest BCUT2D eigenvalue weighted by Crippen LogP contribution is -2.10. The van der Waals surface area contributed by atoms with Crippen molar-refractivity contribution in [3.8, 4) is 11.5 Å². The van der Waals surface area contributed by atoms with Gasteiger partial charge >= 0.3 is 5.97 Å². The summed E-state index contributed by atoms with van der Waals surface area (Å²) in [5.41, 5.74) is 0. The summed E-state index contributed by atoms with van der Waals surface area (Å²) < 4.78 is 9.47. The summed E-state index contributed by atoms with van der Waals surface area (Å²) in [6.07, 6.45) is 0.854. The van der Waals surface area contributed by atoms with Crippen molar-refractivity contribution in [1.82, 2.24) is 0 Å². The number of hydrogen-bond acceptors (Lipinski definition) is 3. The Hall–Kier alpha value is -1.51. The summed E-state index contributed by atoms with van der Waals surface area (Å²) in [6, 6.07) is 7.86. The zero-order valence-electron chi connectivity index (χ0n) is 9.32. The molecule has 1 aromatic rings. The maximum atomic E-state index is 10.5. The summed E-state index contributed by atoms with van der Waals surface area (Å²) in [5.74, 6) is 1.91. The van der Waals surface area contributed by atoms with Crippen LogP contribution >= 0.6 is 0 Å². The topological polar surface area (TPSA) is 35.5 Å². The SMILES string of the molecule is CCC(C)C(=O)OC.c1cc2cc(c1)O2. The van der Waals surface area contributed by atoms with Gasteiger partial charge in [-0.15, -0.1) is 0 Å². The van der Waals surface area contributed by atoms with Gasteiger partial charge in [-0.3, -0.25) is 4.79 Å². The molecule has 3 heteroatoms. The second-order valence-electron chi connectivity index (χ2n) is 3.41. The Morgan fingerprint density at radius 3 is 2.13 bits per heavy atom. The van der Waals surface area contributed by atoms with Gasteiger partial charge in [-0.1, -0.05) is 19.9 Å². The number of benzene rings is 1. The molecule has 0 aromatic heterocycles. The first kappa shape index (κ1) is 11.6. The fraction of sp³-hybridized carbons (Fsp3) is 0.417. The number of methoxy groups -OCH3 is 1. The van der Waals surface area contributed by atoms with E-state index in [1.54, 1.807) is 0 Å². The van der Waals surface area contributed by atoms with Crippen LogP contribution < -0.4 is 4.74 Å². The molecule has 0 saturated heterocycles. The molecule has 0 aliphatic carbocycles. The van der Waals surface area contributed by atoms with Gasteiger partial charge in [0, 0.05) is 6.07 Å². The van der Waals surface area contributed by atoms with E-state index in [-0.39, 0.29) is 11.9 Å². The van der Waals surface area contributed by atoms with Gasteiger partial charge in [0.15, 0.2) is 0 Å². The smallest absolute Gasteiger partial charge is 0.308 e. The van der Waals surface area contributed by atoms with Crippen LogP contribution in [0.25, 0.3) is 0 Å². The van der Waals surface area contributed by atoms with Crippen molar-refractivity contribution in [3.05, 3.63) is 24.3 Å². The highest BCUT2D eigenvalue weighted by Crippen LogP contribution is 2.32. The lowest BCUT2D eigenvalue weighted by atomic mass is 10.1. The molecular formula is C12H16O3. The van der Waals surface area contributed by atoms with Gasteiger partial charge in [-0.25, -0.2) is 0 Å². The van der Waals surface area contributed by atoms with Gasteiger partial charge in [0.05, 0.1) is 13.0 Å². The fourth-order valence-corrected chi connectivity index (χ4v) is 1.05. The largest absolute Gasteiger partial charge is 0.469 e. The minimum absolute atomic E-state index is 0.0556. The van der Waals surface area contributed by atoms with Gasteiger partial charge in [0.1, 0.15) is 11.5 Å². The zero-order valence-corrected chi connectivity index (χ0v) is 9.32. The first-order chi connectivity index (χ1) is 7.17. The van der Waals surface area contributed by atoms with Crippen molar-refractivity contribution in [2.24, 2.45) is 5.92 Å². The highest BCUT2D eigenvalue weighted by molar-refractivity contribution is 5.71. The van der Waals surface area contributed by atoms with Gasteiger partial charge in [-0.2, -0.15) is 0 Å². The predicted octanol–water partition coefficient (Wildman–Crippen LogP) is 3.00. The Morgan fingerprint density at radius 2 is 2.00 bits per heavy atom. The second-order valence-corrected chi connectivity index (χ2v) is 3.41. The van der Waals surface area contributed by atoms with Crippen LogP contribution in [0.3, 0.4) is 0 Å². The summed E-state index contributed by atoms with van der Waals surface area (Å²) in [6.45, 7) is 3.81. The molecule has 3 rings (SSSR count). The monoisotopic (exact) mass is 208 g/mol. The Bertz CT molecular complexity index is 309. The normalized spacial score (nSPS) is 12.5. The zero-order chi connectivity index (χ0) is 11.3. The first-order valence-corrected chi connectivity index (χ1v) is 5.03. The van der Waals surface area contributed by atoms with Crippen LogP contribution in [0.2, 0.25) is 0 Å². The number of carbonyl (C=O) groups excluding carboxylic acids is 1. The molecule has 0 N–H and O–H groups in total. The van der Waals surface area contributed by atoms with E-state index >= 15 is 0 Å². The summed E-state index contributed by atoms with van der Waals surface area (Å²) >= 11 is 0. The van der Waals surface area contributed by atoms with Crippen LogP contribution in [-0.4, -0.2) is 13.1 Å². The molecule has 2 aliphatic rings. The van der Waals surface area contributed by atoms with Crippen LogP contribution in [-0.2, 0) is 9.53 Å². The molecule has 2 heterocycles. The van der Waals surface area contributed by atoms with E-state index in [9.17, 15) is 4.79 Å². The minimum Gasteiger partial charge on any atom is -0.469 e. The average molecular weight is 208 g/mol. The van der Waals surface area contributed by atoms with E-state index in [0.29, 0.717) is 0 Å². The molecule has 82 valence electrons. The third-order valence-electron chi connectivity index (χ3n) is 2.26. The van der Waals surface area contributed by atoms with E-state index in [0.717, 1.165) is 17.9 Å². The summed E-state index contributed by atoms with van der Waals surface area (Å²) in [7, 11) is 1.41. The van der Waals surface area contributed by atoms with E-state index in [4.69, 9.17) is 4.74 Å². The lowest BCUT2D eigenvalue weighted by molar-refractivity contribution is -0.144. The molecule has 0 amide bonds. The number of ether oxygens (including phenoxy) is 2. The molecule has 0 radical (unpaired) electrons.